The Morgan fingerprint density at radius 1 is 1.56 bits per heavy atom. The topological polar surface area (TPSA) is 59.3 Å². The van der Waals surface area contributed by atoms with Gasteiger partial charge in [0.2, 0.25) is 0 Å². The molecule has 0 spiro atoms. The van der Waals surface area contributed by atoms with Crippen LogP contribution >= 0.6 is 15.9 Å². The number of alkyl halides is 3. The number of halogens is 3. The summed E-state index contributed by atoms with van der Waals surface area (Å²) in [6, 6.07) is 4.40. The lowest BCUT2D eigenvalue weighted by atomic mass is 10.0. The molecular weight excluding hydrogens is 312 g/mol. The van der Waals surface area contributed by atoms with Crippen LogP contribution in [-0.2, 0) is 10.1 Å². The van der Waals surface area contributed by atoms with Gasteiger partial charge in [0.25, 0.3) is 0 Å². The average molecular weight is 320 g/mol. The fourth-order valence-electron chi connectivity index (χ4n) is 1.36. The van der Waals surface area contributed by atoms with Gasteiger partial charge in [-0.2, -0.15) is 14.0 Å². The Morgan fingerprint density at radius 2 is 2.22 bits per heavy atom. The summed E-state index contributed by atoms with van der Waals surface area (Å²) in [7, 11) is 1.13. The molecule has 0 bridgehead atoms. The SMILES string of the molecule is COC(=O)c1ccc(C#N)c(CBr)c1OC(F)F. The highest BCUT2D eigenvalue weighted by atomic mass is 79.9. The van der Waals surface area contributed by atoms with Gasteiger partial charge in [0.05, 0.1) is 18.7 Å². The van der Waals surface area contributed by atoms with Gasteiger partial charge in [0.1, 0.15) is 11.3 Å². The summed E-state index contributed by atoms with van der Waals surface area (Å²) < 4.78 is 33.5. The van der Waals surface area contributed by atoms with Gasteiger partial charge in [0.15, 0.2) is 0 Å². The Labute approximate surface area is 110 Å². The van der Waals surface area contributed by atoms with Crippen LogP contribution in [0.5, 0.6) is 5.75 Å². The Hall–Kier alpha value is -1.68. The lowest BCUT2D eigenvalue weighted by Crippen LogP contribution is -2.12. The van der Waals surface area contributed by atoms with Gasteiger partial charge in [-0.25, -0.2) is 4.79 Å². The van der Waals surface area contributed by atoms with Crippen molar-refractivity contribution in [2.45, 2.75) is 11.9 Å². The van der Waals surface area contributed by atoms with Crippen LogP contribution in [0.4, 0.5) is 8.78 Å². The average Bonchev–Trinajstić information content (AvgIpc) is 2.36. The highest BCUT2D eigenvalue weighted by Gasteiger charge is 2.22. The summed E-state index contributed by atoms with van der Waals surface area (Å²) in [6.45, 7) is -3.10. The van der Waals surface area contributed by atoms with E-state index in [1.54, 1.807) is 0 Å². The molecule has 0 radical (unpaired) electrons. The van der Waals surface area contributed by atoms with E-state index in [1.165, 1.54) is 12.1 Å². The van der Waals surface area contributed by atoms with Gasteiger partial charge < -0.3 is 9.47 Å². The fourth-order valence-corrected chi connectivity index (χ4v) is 1.92. The van der Waals surface area contributed by atoms with Crippen molar-refractivity contribution in [2.24, 2.45) is 0 Å². The molecule has 0 aliphatic carbocycles. The van der Waals surface area contributed by atoms with Crippen LogP contribution in [-0.4, -0.2) is 19.7 Å². The number of rotatable bonds is 4. The number of esters is 1. The standard InChI is InChI=1S/C11H8BrF2NO3/c1-17-10(16)7-3-2-6(5-15)8(4-12)9(7)18-11(13)14/h2-3,11H,4H2,1H3. The highest BCUT2D eigenvalue weighted by molar-refractivity contribution is 9.08. The number of hydrogen-bond donors (Lipinski definition) is 0. The van der Waals surface area contributed by atoms with Crippen LogP contribution in [0, 0.1) is 11.3 Å². The van der Waals surface area contributed by atoms with Crippen LogP contribution in [0.25, 0.3) is 0 Å². The summed E-state index contributed by atoms with van der Waals surface area (Å²) in [4.78, 5) is 11.4. The molecule has 0 aromatic heterocycles. The minimum absolute atomic E-state index is 0.1000. The van der Waals surface area contributed by atoms with Crippen molar-refractivity contribution < 1.29 is 23.0 Å². The fraction of sp³-hybridized carbons (Fsp3) is 0.273. The van der Waals surface area contributed by atoms with Crippen molar-refractivity contribution in [2.75, 3.05) is 7.11 Å². The molecule has 1 aromatic carbocycles. The van der Waals surface area contributed by atoms with Gasteiger partial charge in [-0.1, -0.05) is 15.9 Å². The normalized spacial score (nSPS) is 10.0. The molecule has 0 saturated carbocycles. The summed E-state index contributed by atoms with van der Waals surface area (Å²) in [5.41, 5.74) is 0.183. The van der Waals surface area contributed by atoms with Gasteiger partial charge >= 0.3 is 12.6 Å². The number of benzene rings is 1. The van der Waals surface area contributed by atoms with E-state index in [0.29, 0.717) is 0 Å². The minimum Gasteiger partial charge on any atom is -0.465 e. The number of methoxy groups -OCH3 is 1. The Balaban J connectivity index is 3.44. The van der Waals surface area contributed by atoms with E-state index in [9.17, 15) is 13.6 Å². The maximum Gasteiger partial charge on any atom is 0.387 e. The van der Waals surface area contributed by atoms with Crippen molar-refractivity contribution in [1.29, 1.82) is 5.26 Å². The van der Waals surface area contributed by atoms with Gasteiger partial charge in [-0.05, 0) is 12.1 Å². The van der Waals surface area contributed by atoms with Crippen molar-refractivity contribution >= 4 is 21.9 Å². The summed E-state index contributed by atoms with van der Waals surface area (Å²) in [6.07, 6.45) is 0. The van der Waals surface area contributed by atoms with Crippen LogP contribution in [0.3, 0.4) is 0 Å². The minimum atomic E-state index is -3.10. The second kappa shape index (κ2) is 6.31. The highest BCUT2D eigenvalue weighted by Crippen LogP contribution is 2.31. The molecule has 0 heterocycles. The van der Waals surface area contributed by atoms with Gasteiger partial charge in [-0.15, -0.1) is 0 Å². The molecule has 0 unspecified atom stereocenters. The second-order valence-electron chi connectivity index (χ2n) is 3.08. The molecule has 0 fully saturated rings. The first-order valence-electron chi connectivity index (χ1n) is 4.70. The van der Waals surface area contributed by atoms with Crippen LogP contribution in [0.2, 0.25) is 0 Å². The molecule has 7 heteroatoms. The quantitative estimate of drug-likeness (QED) is 0.632. The first-order chi connectivity index (χ1) is 8.54. The zero-order valence-electron chi connectivity index (χ0n) is 9.25. The Morgan fingerprint density at radius 3 is 2.67 bits per heavy atom. The van der Waals surface area contributed by atoms with E-state index in [-0.39, 0.29) is 27.8 Å². The lowest BCUT2D eigenvalue weighted by Gasteiger charge is -2.14. The van der Waals surface area contributed by atoms with E-state index in [4.69, 9.17) is 5.26 Å². The van der Waals surface area contributed by atoms with Crippen molar-refractivity contribution in [3.8, 4) is 11.8 Å². The molecule has 4 nitrogen and oxygen atoms in total. The lowest BCUT2D eigenvalue weighted by molar-refractivity contribution is -0.0508. The zero-order valence-corrected chi connectivity index (χ0v) is 10.8. The maximum absolute atomic E-state index is 12.3. The number of hydrogen-bond acceptors (Lipinski definition) is 4. The van der Waals surface area contributed by atoms with Crippen molar-refractivity contribution in [3.63, 3.8) is 0 Å². The predicted octanol–water partition coefficient (Wildman–Crippen LogP) is 2.84. The third kappa shape index (κ3) is 2.96. The summed E-state index contributed by atoms with van der Waals surface area (Å²) in [5.74, 6) is -1.15. The van der Waals surface area contributed by atoms with E-state index in [2.05, 4.69) is 25.4 Å². The largest absolute Gasteiger partial charge is 0.465 e. The molecule has 0 atom stereocenters. The van der Waals surface area contributed by atoms with Gasteiger partial charge in [-0.3, -0.25) is 0 Å². The molecule has 1 rings (SSSR count). The molecular formula is C11H8BrF2NO3. The number of ether oxygens (including phenoxy) is 2. The Bertz CT molecular complexity index is 500. The third-order valence-electron chi connectivity index (χ3n) is 2.13. The van der Waals surface area contributed by atoms with E-state index in [1.807, 2.05) is 6.07 Å². The van der Waals surface area contributed by atoms with E-state index >= 15 is 0 Å². The van der Waals surface area contributed by atoms with Gasteiger partial charge in [0, 0.05) is 10.9 Å². The third-order valence-corrected chi connectivity index (χ3v) is 2.69. The monoisotopic (exact) mass is 319 g/mol. The van der Waals surface area contributed by atoms with Crippen molar-refractivity contribution in [3.05, 3.63) is 28.8 Å². The first-order valence-corrected chi connectivity index (χ1v) is 5.82. The van der Waals surface area contributed by atoms with Crippen molar-refractivity contribution in [1.82, 2.24) is 0 Å². The number of nitrogens with zero attached hydrogens (tertiary/aromatic N) is 1. The molecule has 0 saturated heterocycles. The molecule has 0 amide bonds. The molecule has 96 valence electrons. The number of nitriles is 1. The summed E-state index contributed by atoms with van der Waals surface area (Å²) >= 11 is 3.07. The molecule has 0 aliphatic rings. The van der Waals surface area contributed by atoms with E-state index < -0.39 is 12.6 Å². The van der Waals surface area contributed by atoms with Crippen LogP contribution < -0.4 is 4.74 Å². The van der Waals surface area contributed by atoms with Crippen LogP contribution in [0.15, 0.2) is 12.1 Å². The smallest absolute Gasteiger partial charge is 0.387 e. The maximum atomic E-state index is 12.3. The number of carbonyl (C=O) groups is 1. The molecule has 1 aromatic rings. The zero-order chi connectivity index (χ0) is 13.7. The molecule has 0 aliphatic heterocycles. The van der Waals surface area contributed by atoms with Crippen LogP contribution in [0.1, 0.15) is 21.5 Å². The van der Waals surface area contributed by atoms with E-state index in [0.717, 1.165) is 7.11 Å². The molecule has 18 heavy (non-hydrogen) atoms. The predicted molar refractivity (Wildman–Crippen MR) is 61.8 cm³/mol. The summed E-state index contributed by atoms with van der Waals surface area (Å²) in [5, 5.41) is 8.96. The second-order valence-corrected chi connectivity index (χ2v) is 3.64. The Kier molecular flexibility index (Phi) is 5.04. The first kappa shape index (κ1) is 14.4. The number of carbonyl (C=O) groups excluding carboxylic acids is 1. The molecule has 0 N–H and O–H groups in total.